The highest BCUT2D eigenvalue weighted by Gasteiger charge is 2.34. The van der Waals surface area contributed by atoms with Gasteiger partial charge in [0.1, 0.15) is 22.9 Å². The fourth-order valence-corrected chi connectivity index (χ4v) is 4.08. The van der Waals surface area contributed by atoms with Gasteiger partial charge in [-0.05, 0) is 43.4 Å². The molecule has 4 N–H and O–H groups in total. The summed E-state index contributed by atoms with van der Waals surface area (Å²) in [6, 6.07) is 5.62. The molecular weight excluding hydrogens is 370 g/mol. The third-order valence-corrected chi connectivity index (χ3v) is 5.52. The zero-order chi connectivity index (χ0) is 20.4. The lowest BCUT2D eigenvalue weighted by Gasteiger charge is -2.30. The van der Waals surface area contributed by atoms with Crippen LogP contribution in [0.25, 0.3) is 0 Å². The van der Waals surface area contributed by atoms with Crippen LogP contribution >= 0.6 is 0 Å². The molecule has 0 saturated carbocycles. The summed E-state index contributed by atoms with van der Waals surface area (Å²) in [7, 11) is 3.18. The summed E-state index contributed by atoms with van der Waals surface area (Å²) >= 11 is 0. The maximum Gasteiger partial charge on any atom is 0.255 e. The molecule has 1 aromatic heterocycles. The molecule has 2 aliphatic heterocycles. The Balaban J connectivity index is 1.74. The van der Waals surface area contributed by atoms with Gasteiger partial charge in [0.05, 0.1) is 20.3 Å². The minimum atomic E-state index is -0.531. The Morgan fingerprint density at radius 2 is 1.93 bits per heavy atom. The largest absolute Gasteiger partial charge is 0.497 e. The van der Waals surface area contributed by atoms with Gasteiger partial charge in [-0.25, -0.2) is 4.68 Å². The van der Waals surface area contributed by atoms with Crippen LogP contribution in [0.2, 0.25) is 0 Å². The maximum absolute atomic E-state index is 12.2. The first kappa shape index (κ1) is 19.2. The van der Waals surface area contributed by atoms with Crippen molar-refractivity contribution >= 4 is 11.7 Å². The van der Waals surface area contributed by atoms with E-state index in [0.717, 1.165) is 32.5 Å². The summed E-state index contributed by atoms with van der Waals surface area (Å²) < 4.78 is 12.5. The number of ether oxygens (including phenoxy) is 2. The van der Waals surface area contributed by atoms with Crippen molar-refractivity contribution in [2.75, 3.05) is 39.2 Å². The molecule has 0 spiro atoms. The van der Waals surface area contributed by atoms with Crippen LogP contribution in [0.5, 0.6) is 11.5 Å². The molecule has 4 rings (SSSR count). The number of nitrogens with one attached hydrogen (secondary N) is 2. The van der Waals surface area contributed by atoms with Crippen molar-refractivity contribution in [2.45, 2.75) is 18.9 Å². The van der Waals surface area contributed by atoms with Crippen LogP contribution in [-0.4, -0.2) is 49.5 Å². The monoisotopic (exact) mass is 395 g/mol. The van der Waals surface area contributed by atoms with Crippen molar-refractivity contribution in [3.05, 3.63) is 35.0 Å². The predicted octanol–water partition coefficient (Wildman–Crippen LogP) is 1.37. The molecule has 1 fully saturated rings. The van der Waals surface area contributed by atoms with Crippen LogP contribution in [0.1, 0.15) is 40.5 Å². The number of hydrogen-bond donors (Lipinski definition) is 3. The van der Waals surface area contributed by atoms with E-state index in [2.05, 4.69) is 27.6 Å². The number of nitrogens with two attached hydrogens (primary N) is 1. The predicted molar refractivity (Wildman–Crippen MR) is 109 cm³/mol. The zero-order valence-corrected chi connectivity index (χ0v) is 16.6. The highest BCUT2D eigenvalue weighted by Crippen LogP contribution is 2.35. The third kappa shape index (κ3) is 3.74. The lowest BCUT2D eigenvalue weighted by molar-refractivity contribution is 0.100. The number of nitrogens with zero attached hydrogens (tertiary/aromatic N) is 2. The highest BCUT2D eigenvalue weighted by atomic mass is 16.5. The van der Waals surface area contributed by atoms with Gasteiger partial charge in [0, 0.05) is 24.7 Å². The molecule has 1 saturated heterocycles. The molecule has 1 aromatic carbocycles. The first-order valence-corrected chi connectivity index (χ1v) is 9.72. The average Bonchev–Trinajstić information content (AvgIpc) is 3.39. The van der Waals surface area contributed by atoms with Crippen LogP contribution in [0.3, 0.4) is 0 Å². The fourth-order valence-electron chi connectivity index (χ4n) is 4.08. The number of anilines is 1. The number of fused-ring (bicyclic) bond motifs is 1. The molecule has 8 nitrogen and oxygen atoms in total. The van der Waals surface area contributed by atoms with Crippen molar-refractivity contribution in [2.24, 2.45) is 11.7 Å². The van der Waals surface area contributed by atoms with E-state index in [0.29, 0.717) is 40.1 Å². The second kappa shape index (κ2) is 8.05. The van der Waals surface area contributed by atoms with Crippen LogP contribution in [-0.2, 0) is 0 Å². The van der Waals surface area contributed by atoms with Gasteiger partial charge in [0.25, 0.3) is 5.91 Å². The number of carbonyl (C=O) groups is 1. The molecule has 29 heavy (non-hydrogen) atoms. The molecule has 0 aliphatic carbocycles. The van der Waals surface area contributed by atoms with E-state index in [-0.39, 0.29) is 6.04 Å². The van der Waals surface area contributed by atoms with Gasteiger partial charge in [-0.3, -0.25) is 4.79 Å². The number of primary amides is 1. The number of methoxy groups -OCH3 is 2. The summed E-state index contributed by atoms with van der Waals surface area (Å²) in [4.78, 5) is 12.2. The van der Waals surface area contributed by atoms with E-state index in [4.69, 9.17) is 15.2 Å². The van der Waals surface area contributed by atoms with Crippen molar-refractivity contribution in [3.63, 3.8) is 0 Å². The van der Waals surface area contributed by atoms with Crippen LogP contribution < -0.4 is 25.8 Å². The smallest absolute Gasteiger partial charge is 0.255 e. The summed E-state index contributed by atoms with van der Waals surface area (Å²) in [5.74, 6) is 8.01. The van der Waals surface area contributed by atoms with Gasteiger partial charge in [0.15, 0.2) is 5.69 Å². The van der Waals surface area contributed by atoms with Crippen LogP contribution in [0, 0.1) is 17.8 Å². The Morgan fingerprint density at radius 1 is 1.17 bits per heavy atom. The Labute approximate surface area is 169 Å². The van der Waals surface area contributed by atoms with Gasteiger partial charge in [-0.2, -0.15) is 5.10 Å². The Morgan fingerprint density at radius 3 is 2.55 bits per heavy atom. The van der Waals surface area contributed by atoms with Gasteiger partial charge in [0.2, 0.25) is 0 Å². The quantitative estimate of drug-likeness (QED) is 0.676. The number of aromatic nitrogens is 2. The maximum atomic E-state index is 12.2. The molecule has 3 heterocycles. The molecule has 0 bridgehead atoms. The first-order valence-electron chi connectivity index (χ1n) is 9.72. The van der Waals surface area contributed by atoms with E-state index in [1.165, 1.54) is 0 Å². The average molecular weight is 395 g/mol. The van der Waals surface area contributed by atoms with Gasteiger partial charge in [-0.1, -0.05) is 5.92 Å². The minimum Gasteiger partial charge on any atom is -0.497 e. The molecule has 0 radical (unpaired) electrons. The normalized spacial score (nSPS) is 20.2. The molecule has 2 atom stereocenters. The molecule has 152 valence electrons. The molecular formula is C21H25N5O3. The molecule has 2 unspecified atom stereocenters. The van der Waals surface area contributed by atoms with E-state index < -0.39 is 5.91 Å². The molecule has 1 amide bonds. The second-order valence-electron chi connectivity index (χ2n) is 7.27. The van der Waals surface area contributed by atoms with E-state index in [1.807, 2.05) is 4.68 Å². The summed E-state index contributed by atoms with van der Waals surface area (Å²) in [6.45, 7) is 2.76. The summed E-state index contributed by atoms with van der Waals surface area (Å²) in [6.07, 6.45) is 2.06. The van der Waals surface area contributed by atoms with Crippen LogP contribution in [0.4, 0.5) is 5.82 Å². The topological polar surface area (TPSA) is 103 Å². The molecule has 2 aromatic rings. The van der Waals surface area contributed by atoms with Crippen molar-refractivity contribution < 1.29 is 14.3 Å². The SMILES string of the molecule is COc1cc(C#Cc2nn3c(c2C(N)=O)NCCC3C2CCNC2)cc(OC)c1. The number of rotatable bonds is 4. The second-order valence-corrected chi connectivity index (χ2v) is 7.27. The van der Waals surface area contributed by atoms with Crippen LogP contribution in [0.15, 0.2) is 18.2 Å². The standard InChI is InChI=1S/C21H25N5O3/c1-28-15-9-13(10-16(11-15)29-2)3-4-17-19(20(22)27)21-24-8-6-18(26(21)25-17)14-5-7-23-12-14/h9-11,14,18,23-24H,5-8,12H2,1-2H3,(H2,22,27). The van der Waals surface area contributed by atoms with Gasteiger partial charge >= 0.3 is 0 Å². The van der Waals surface area contributed by atoms with Gasteiger partial charge in [-0.15, -0.1) is 0 Å². The lowest BCUT2D eigenvalue weighted by atomic mass is 9.95. The molecule has 8 heteroatoms. The first-order chi connectivity index (χ1) is 14.1. The number of amides is 1. The molecule has 2 aliphatic rings. The van der Waals surface area contributed by atoms with E-state index >= 15 is 0 Å². The van der Waals surface area contributed by atoms with Crippen molar-refractivity contribution in [3.8, 4) is 23.3 Å². The van der Waals surface area contributed by atoms with Crippen molar-refractivity contribution in [1.29, 1.82) is 0 Å². The Kier molecular flexibility index (Phi) is 5.32. The summed E-state index contributed by atoms with van der Waals surface area (Å²) in [5.41, 5.74) is 7.13. The van der Waals surface area contributed by atoms with E-state index in [1.54, 1.807) is 32.4 Å². The summed E-state index contributed by atoms with van der Waals surface area (Å²) in [5, 5.41) is 11.4. The number of carbonyl (C=O) groups excluding carboxylic acids is 1. The number of benzene rings is 1. The number of hydrogen-bond acceptors (Lipinski definition) is 6. The lowest BCUT2D eigenvalue weighted by Crippen LogP contribution is -2.31. The zero-order valence-electron chi connectivity index (χ0n) is 16.6. The van der Waals surface area contributed by atoms with E-state index in [9.17, 15) is 4.79 Å². The fraction of sp³-hybridized carbons (Fsp3) is 0.429. The highest BCUT2D eigenvalue weighted by molar-refractivity contribution is 6.00. The Hall–Kier alpha value is -3.18. The Bertz CT molecular complexity index is 960. The third-order valence-electron chi connectivity index (χ3n) is 5.52. The minimum absolute atomic E-state index is 0.229. The van der Waals surface area contributed by atoms with Gasteiger partial charge < -0.3 is 25.8 Å². The van der Waals surface area contributed by atoms with Crippen molar-refractivity contribution in [1.82, 2.24) is 15.1 Å².